The molecule has 1 aliphatic carbocycles. The highest BCUT2D eigenvalue weighted by Gasteiger charge is 2.63. The lowest BCUT2D eigenvalue weighted by Gasteiger charge is -2.58. The number of carbonyl (C=O) groups excluding carboxylic acids is 1. The average Bonchev–Trinajstić information content (AvgIpc) is 2.98. The fraction of sp³-hybridized carbons (Fsp3) is 0.765. The van der Waals surface area contributed by atoms with Crippen LogP contribution in [0.5, 0.6) is 0 Å². The highest BCUT2D eigenvalue weighted by molar-refractivity contribution is 7.13. The first-order valence-corrected chi connectivity index (χ1v) is 9.62. The van der Waals surface area contributed by atoms with E-state index in [1.807, 2.05) is 23.4 Å². The summed E-state index contributed by atoms with van der Waals surface area (Å²) in [7, 11) is 0. The van der Waals surface area contributed by atoms with Gasteiger partial charge in [0.25, 0.3) is 0 Å². The van der Waals surface area contributed by atoms with E-state index in [4.69, 9.17) is 10.5 Å². The van der Waals surface area contributed by atoms with E-state index in [0.717, 1.165) is 31.2 Å². The molecular weight excluding hydrogens is 324 g/mol. The van der Waals surface area contributed by atoms with E-state index >= 15 is 0 Å². The van der Waals surface area contributed by atoms with Crippen LogP contribution in [0.25, 0.3) is 0 Å². The van der Waals surface area contributed by atoms with E-state index in [1.165, 1.54) is 0 Å². The number of aromatic nitrogens is 1. The number of anilines is 1. The normalized spacial score (nSPS) is 29.9. The van der Waals surface area contributed by atoms with E-state index in [9.17, 15) is 4.79 Å². The molecule has 7 heteroatoms. The number of hydrogen-bond donors (Lipinski definition) is 1. The monoisotopic (exact) mass is 352 g/mol. The van der Waals surface area contributed by atoms with Gasteiger partial charge >= 0.3 is 0 Å². The van der Waals surface area contributed by atoms with Gasteiger partial charge in [0, 0.05) is 56.2 Å². The van der Waals surface area contributed by atoms with Crippen molar-refractivity contribution in [3.05, 3.63) is 11.6 Å². The molecule has 0 aromatic carbocycles. The van der Waals surface area contributed by atoms with Gasteiger partial charge in [-0.15, -0.1) is 11.3 Å². The fourth-order valence-electron chi connectivity index (χ4n) is 3.76. The molecule has 134 valence electrons. The van der Waals surface area contributed by atoms with Crippen LogP contribution in [0.3, 0.4) is 0 Å². The van der Waals surface area contributed by atoms with Crippen molar-refractivity contribution < 1.29 is 9.53 Å². The molecule has 0 spiro atoms. The standard InChI is InChI=1S/C17H28N4O2S/c1-4-23-13-12-17(18,16(13,2)3)14(22)20-7-5-8-21(10-9-20)15-19-6-11-24-15/h6,11,13H,4-5,7-10,12,18H2,1-3H3. The zero-order valence-electron chi connectivity index (χ0n) is 14.8. The Morgan fingerprint density at radius 3 is 2.83 bits per heavy atom. The number of nitrogens with zero attached hydrogens (tertiary/aromatic N) is 3. The molecule has 2 fully saturated rings. The summed E-state index contributed by atoms with van der Waals surface area (Å²) >= 11 is 1.65. The van der Waals surface area contributed by atoms with Gasteiger partial charge in [-0.2, -0.15) is 0 Å². The molecule has 0 bridgehead atoms. The van der Waals surface area contributed by atoms with Crippen molar-refractivity contribution in [1.29, 1.82) is 0 Å². The molecule has 1 aromatic heterocycles. The van der Waals surface area contributed by atoms with Crippen LogP contribution in [0.1, 0.15) is 33.6 Å². The number of amides is 1. The van der Waals surface area contributed by atoms with E-state index < -0.39 is 5.54 Å². The first kappa shape index (κ1) is 17.6. The van der Waals surface area contributed by atoms with Crippen LogP contribution < -0.4 is 10.6 Å². The summed E-state index contributed by atoms with van der Waals surface area (Å²) in [6, 6.07) is 0. The van der Waals surface area contributed by atoms with E-state index in [-0.39, 0.29) is 17.4 Å². The highest BCUT2D eigenvalue weighted by Crippen LogP contribution is 2.50. The summed E-state index contributed by atoms with van der Waals surface area (Å²) < 4.78 is 5.75. The molecule has 2 N–H and O–H groups in total. The Morgan fingerprint density at radius 1 is 1.42 bits per heavy atom. The van der Waals surface area contributed by atoms with Crippen LogP contribution in [0.15, 0.2) is 11.6 Å². The largest absolute Gasteiger partial charge is 0.378 e. The molecule has 2 aliphatic rings. The number of nitrogens with two attached hydrogens (primary N) is 1. The van der Waals surface area contributed by atoms with Crippen LogP contribution in [-0.4, -0.2) is 60.2 Å². The summed E-state index contributed by atoms with van der Waals surface area (Å²) in [6.07, 6.45) is 3.44. The molecular formula is C17H28N4O2S. The zero-order chi connectivity index (χ0) is 17.4. The first-order valence-electron chi connectivity index (χ1n) is 8.74. The number of hydrogen-bond acceptors (Lipinski definition) is 6. The Balaban J connectivity index is 1.65. The molecule has 0 radical (unpaired) electrons. The van der Waals surface area contributed by atoms with Crippen molar-refractivity contribution in [1.82, 2.24) is 9.88 Å². The van der Waals surface area contributed by atoms with E-state index in [1.54, 1.807) is 11.3 Å². The van der Waals surface area contributed by atoms with Gasteiger partial charge in [-0.05, 0) is 13.3 Å². The van der Waals surface area contributed by atoms with Crippen LogP contribution in [0.2, 0.25) is 0 Å². The minimum atomic E-state index is -0.816. The van der Waals surface area contributed by atoms with Crippen LogP contribution in [0, 0.1) is 5.41 Å². The van der Waals surface area contributed by atoms with Crippen LogP contribution in [-0.2, 0) is 9.53 Å². The third kappa shape index (κ3) is 2.82. The summed E-state index contributed by atoms with van der Waals surface area (Å²) in [5.74, 6) is 0.0736. The predicted molar refractivity (Wildman–Crippen MR) is 96.3 cm³/mol. The van der Waals surface area contributed by atoms with Crippen molar-refractivity contribution in [2.75, 3.05) is 37.7 Å². The second kappa shape index (κ2) is 6.61. The zero-order valence-corrected chi connectivity index (χ0v) is 15.6. The van der Waals surface area contributed by atoms with Gasteiger partial charge in [-0.3, -0.25) is 4.79 Å². The average molecular weight is 353 g/mol. The Hall–Kier alpha value is -1.18. The molecule has 2 unspecified atom stereocenters. The molecule has 1 amide bonds. The smallest absolute Gasteiger partial charge is 0.243 e. The Labute approximate surface area is 148 Å². The maximum absolute atomic E-state index is 13.1. The molecule has 1 saturated heterocycles. The summed E-state index contributed by atoms with van der Waals surface area (Å²) in [6.45, 7) is 9.94. The van der Waals surface area contributed by atoms with Crippen LogP contribution >= 0.6 is 11.3 Å². The summed E-state index contributed by atoms with van der Waals surface area (Å²) in [4.78, 5) is 21.7. The minimum Gasteiger partial charge on any atom is -0.378 e. The van der Waals surface area contributed by atoms with Crippen molar-refractivity contribution in [2.24, 2.45) is 11.1 Å². The Morgan fingerprint density at radius 2 is 2.21 bits per heavy atom. The molecule has 2 heterocycles. The first-order chi connectivity index (χ1) is 11.4. The number of carbonyl (C=O) groups is 1. The van der Waals surface area contributed by atoms with Crippen molar-refractivity contribution in [3.8, 4) is 0 Å². The van der Waals surface area contributed by atoms with Gasteiger partial charge in [0.05, 0.1) is 6.10 Å². The molecule has 2 atom stereocenters. The second-order valence-corrected chi connectivity index (χ2v) is 8.16. The van der Waals surface area contributed by atoms with Gasteiger partial charge < -0.3 is 20.3 Å². The van der Waals surface area contributed by atoms with Gasteiger partial charge in [0.2, 0.25) is 5.91 Å². The summed E-state index contributed by atoms with van der Waals surface area (Å²) in [5.41, 5.74) is 5.41. The lowest BCUT2D eigenvalue weighted by molar-refractivity contribution is -0.179. The van der Waals surface area contributed by atoms with Crippen LogP contribution in [0.4, 0.5) is 5.13 Å². The summed E-state index contributed by atoms with van der Waals surface area (Å²) in [5, 5.41) is 3.02. The third-order valence-corrected chi connectivity index (χ3v) is 6.52. The third-order valence-electron chi connectivity index (χ3n) is 5.68. The molecule has 24 heavy (non-hydrogen) atoms. The molecule has 1 aliphatic heterocycles. The van der Waals surface area contributed by atoms with Crippen molar-refractivity contribution in [2.45, 2.75) is 45.3 Å². The van der Waals surface area contributed by atoms with Crippen molar-refractivity contribution >= 4 is 22.4 Å². The Bertz CT molecular complexity index is 577. The highest BCUT2D eigenvalue weighted by atomic mass is 32.1. The van der Waals surface area contributed by atoms with Gasteiger partial charge in [0.15, 0.2) is 5.13 Å². The molecule has 1 aromatic rings. The topological polar surface area (TPSA) is 71.7 Å². The quantitative estimate of drug-likeness (QED) is 0.893. The van der Waals surface area contributed by atoms with Crippen molar-refractivity contribution in [3.63, 3.8) is 0 Å². The SMILES string of the molecule is CCOC1CC(N)(C(=O)N2CCCN(c3nccs3)CC2)C1(C)C. The van der Waals surface area contributed by atoms with Gasteiger partial charge in [-0.1, -0.05) is 13.8 Å². The van der Waals surface area contributed by atoms with E-state index in [2.05, 4.69) is 23.7 Å². The fourth-order valence-corrected chi connectivity index (χ4v) is 4.46. The maximum atomic E-state index is 13.1. The number of rotatable bonds is 4. The van der Waals surface area contributed by atoms with Gasteiger partial charge in [-0.25, -0.2) is 4.98 Å². The Kier molecular flexibility index (Phi) is 4.86. The van der Waals surface area contributed by atoms with E-state index in [0.29, 0.717) is 19.6 Å². The molecule has 3 rings (SSSR count). The van der Waals surface area contributed by atoms with Gasteiger partial charge in [0.1, 0.15) is 5.54 Å². The lowest BCUT2D eigenvalue weighted by atomic mass is 9.54. The number of thiazole rings is 1. The predicted octanol–water partition coefficient (Wildman–Crippen LogP) is 1.71. The number of ether oxygens (including phenoxy) is 1. The second-order valence-electron chi connectivity index (χ2n) is 7.29. The molecule has 6 nitrogen and oxygen atoms in total. The minimum absolute atomic E-state index is 0.0650. The maximum Gasteiger partial charge on any atom is 0.243 e. The molecule has 1 saturated carbocycles. The lowest BCUT2D eigenvalue weighted by Crippen LogP contribution is -2.76.